The Bertz CT molecular complexity index is 96.2. The van der Waals surface area contributed by atoms with Crippen molar-refractivity contribution in [3.63, 3.8) is 0 Å². The van der Waals surface area contributed by atoms with Crippen molar-refractivity contribution in [2.24, 2.45) is 0 Å². The highest BCUT2D eigenvalue weighted by molar-refractivity contribution is 4.52. The molecule has 0 saturated carbocycles. The Balaban J connectivity index is 3.03. The molecule has 0 spiro atoms. The van der Waals surface area contributed by atoms with E-state index in [4.69, 9.17) is 0 Å². The van der Waals surface area contributed by atoms with Crippen LogP contribution in [0.25, 0.3) is 0 Å². The standard InChI is InChI=1S/C10H25N3/c1-4-5-9-13(3)10-7-6-8-12-11-2/h11-12H,4-10H2,1-3H3. The van der Waals surface area contributed by atoms with Gasteiger partial charge in [-0.15, -0.1) is 0 Å². The van der Waals surface area contributed by atoms with Gasteiger partial charge >= 0.3 is 0 Å². The van der Waals surface area contributed by atoms with Gasteiger partial charge in [0.25, 0.3) is 0 Å². The highest BCUT2D eigenvalue weighted by atomic mass is 15.3. The van der Waals surface area contributed by atoms with Gasteiger partial charge in [0.1, 0.15) is 0 Å². The average molecular weight is 187 g/mol. The summed E-state index contributed by atoms with van der Waals surface area (Å²) in [4.78, 5) is 2.42. The Morgan fingerprint density at radius 2 is 1.77 bits per heavy atom. The summed E-state index contributed by atoms with van der Waals surface area (Å²) in [5.41, 5.74) is 6.02. The molecule has 0 heterocycles. The molecule has 2 N–H and O–H groups in total. The van der Waals surface area contributed by atoms with Gasteiger partial charge in [-0.2, -0.15) is 0 Å². The summed E-state index contributed by atoms with van der Waals surface area (Å²) in [5.74, 6) is 0. The Kier molecular flexibility index (Phi) is 9.87. The van der Waals surface area contributed by atoms with E-state index < -0.39 is 0 Å². The molecule has 0 fully saturated rings. The van der Waals surface area contributed by atoms with Crippen LogP contribution in [0.15, 0.2) is 0 Å². The van der Waals surface area contributed by atoms with E-state index in [-0.39, 0.29) is 0 Å². The maximum Gasteiger partial charge on any atom is 0.0100 e. The lowest BCUT2D eigenvalue weighted by atomic mass is 10.2. The average Bonchev–Trinajstić information content (AvgIpc) is 2.14. The Hall–Kier alpha value is -0.120. The van der Waals surface area contributed by atoms with Crippen LogP contribution in [0.5, 0.6) is 0 Å². The summed E-state index contributed by atoms with van der Waals surface area (Å²) in [6.45, 7) is 5.78. The smallest absolute Gasteiger partial charge is 0.0100 e. The van der Waals surface area contributed by atoms with Crippen LogP contribution in [-0.2, 0) is 0 Å². The first-order valence-electron chi connectivity index (χ1n) is 5.39. The predicted molar refractivity (Wildman–Crippen MR) is 58.7 cm³/mol. The van der Waals surface area contributed by atoms with Crippen LogP contribution >= 0.6 is 0 Å². The van der Waals surface area contributed by atoms with Gasteiger partial charge in [0.2, 0.25) is 0 Å². The Labute approximate surface area is 82.9 Å². The van der Waals surface area contributed by atoms with Crippen LogP contribution in [0.4, 0.5) is 0 Å². The fourth-order valence-corrected chi connectivity index (χ4v) is 1.26. The zero-order valence-corrected chi connectivity index (χ0v) is 9.40. The molecule has 80 valence electrons. The van der Waals surface area contributed by atoms with Gasteiger partial charge in [-0.05, 0) is 46.4 Å². The minimum Gasteiger partial charge on any atom is -0.306 e. The van der Waals surface area contributed by atoms with E-state index in [0.29, 0.717) is 0 Å². The van der Waals surface area contributed by atoms with Crippen molar-refractivity contribution in [3.8, 4) is 0 Å². The highest BCUT2D eigenvalue weighted by Gasteiger charge is 1.96. The molecule has 0 unspecified atom stereocenters. The SMILES string of the molecule is CCCCN(C)CCCCNNC. The summed E-state index contributed by atoms with van der Waals surface area (Å²) in [5, 5.41) is 0. The molecule has 0 saturated heterocycles. The number of hydrazine groups is 1. The molecule has 0 radical (unpaired) electrons. The fourth-order valence-electron chi connectivity index (χ4n) is 1.26. The summed E-state index contributed by atoms with van der Waals surface area (Å²) < 4.78 is 0. The molecular weight excluding hydrogens is 162 g/mol. The largest absolute Gasteiger partial charge is 0.306 e. The molecule has 0 aromatic carbocycles. The van der Waals surface area contributed by atoms with Gasteiger partial charge in [0, 0.05) is 6.54 Å². The first-order valence-corrected chi connectivity index (χ1v) is 5.39. The summed E-state index contributed by atoms with van der Waals surface area (Å²) in [6.07, 6.45) is 5.16. The normalized spacial score (nSPS) is 11.1. The van der Waals surface area contributed by atoms with E-state index in [1.807, 2.05) is 7.05 Å². The molecular formula is C10H25N3. The van der Waals surface area contributed by atoms with Crippen molar-refractivity contribution in [1.29, 1.82) is 0 Å². The summed E-state index contributed by atoms with van der Waals surface area (Å²) in [6, 6.07) is 0. The number of hydrogen-bond acceptors (Lipinski definition) is 3. The molecule has 0 rings (SSSR count). The third-order valence-electron chi connectivity index (χ3n) is 2.16. The molecule has 0 aliphatic rings. The maximum absolute atomic E-state index is 3.10. The van der Waals surface area contributed by atoms with E-state index in [9.17, 15) is 0 Å². The van der Waals surface area contributed by atoms with Gasteiger partial charge in [0.15, 0.2) is 0 Å². The van der Waals surface area contributed by atoms with Gasteiger partial charge in [0.05, 0.1) is 0 Å². The summed E-state index contributed by atoms with van der Waals surface area (Å²) in [7, 11) is 4.12. The number of nitrogens with zero attached hydrogens (tertiary/aromatic N) is 1. The van der Waals surface area contributed by atoms with Crippen LogP contribution in [0.1, 0.15) is 32.6 Å². The minimum atomic E-state index is 1.07. The zero-order chi connectivity index (χ0) is 9.94. The molecule has 13 heavy (non-hydrogen) atoms. The molecule has 3 nitrogen and oxygen atoms in total. The van der Waals surface area contributed by atoms with Crippen molar-refractivity contribution in [2.45, 2.75) is 32.6 Å². The molecule has 0 atom stereocenters. The first-order chi connectivity index (χ1) is 6.31. The second-order valence-electron chi connectivity index (χ2n) is 3.54. The molecule has 0 aromatic heterocycles. The second-order valence-corrected chi connectivity index (χ2v) is 3.54. The first kappa shape index (κ1) is 12.9. The van der Waals surface area contributed by atoms with Gasteiger partial charge in [-0.1, -0.05) is 13.3 Å². The molecule has 0 bridgehead atoms. The number of unbranched alkanes of at least 4 members (excludes halogenated alkanes) is 2. The van der Waals surface area contributed by atoms with Crippen molar-refractivity contribution in [1.82, 2.24) is 15.8 Å². The van der Waals surface area contributed by atoms with E-state index in [0.717, 1.165) is 6.54 Å². The van der Waals surface area contributed by atoms with Crippen LogP contribution < -0.4 is 10.9 Å². The van der Waals surface area contributed by atoms with Crippen molar-refractivity contribution in [2.75, 3.05) is 33.7 Å². The monoisotopic (exact) mass is 187 g/mol. The van der Waals surface area contributed by atoms with E-state index in [2.05, 4.69) is 29.7 Å². The topological polar surface area (TPSA) is 27.3 Å². The zero-order valence-electron chi connectivity index (χ0n) is 9.40. The second kappa shape index (κ2) is 9.96. The van der Waals surface area contributed by atoms with E-state index >= 15 is 0 Å². The summed E-state index contributed by atoms with van der Waals surface area (Å²) >= 11 is 0. The quantitative estimate of drug-likeness (QED) is 0.420. The van der Waals surface area contributed by atoms with E-state index in [1.165, 1.54) is 38.8 Å². The lowest BCUT2D eigenvalue weighted by Gasteiger charge is -2.15. The van der Waals surface area contributed by atoms with Crippen LogP contribution in [0, 0.1) is 0 Å². The third kappa shape index (κ3) is 9.80. The number of nitrogens with one attached hydrogen (secondary N) is 2. The number of hydrogen-bond donors (Lipinski definition) is 2. The van der Waals surface area contributed by atoms with Crippen LogP contribution in [0.3, 0.4) is 0 Å². The van der Waals surface area contributed by atoms with E-state index in [1.54, 1.807) is 0 Å². The maximum atomic E-state index is 3.10. The van der Waals surface area contributed by atoms with Crippen LogP contribution in [0.2, 0.25) is 0 Å². The molecule has 0 aliphatic carbocycles. The Morgan fingerprint density at radius 3 is 2.38 bits per heavy atom. The van der Waals surface area contributed by atoms with Gasteiger partial charge in [-0.25, -0.2) is 0 Å². The molecule has 0 amide bonds. The van der Waals surface area contributed by atoms with Crippen molar-refractivity contribution >= 4 is 0 Å². The third-order valence-corrected chi connectivity index (χ3v) is 2.16. The van der Waals surface area contributed by atoms with Crippen molar-refractivity contribution in [3.05, 3.63) is 0 Å². The lowest BCUT2D eigenvalue weighted by Crippen LogP contribution is -2.29. The minimum absolute atomic E-state index is 1.07. The fraction of sp³-hybridized carbons (Fsp3) is 1.00. The lowest BCUT2D eigenvalue weighted by molar-refractivity contribution is 0.318. The predicted octanol–water partition coefficient (Wildman–Crippen LogP) is 1.22. The molecule has 0 aliphatic heterocycles. The number of rotatable bonds is 9. The highest BCUT2D eigenvalue weighted by Crippen LogP contribution is 1.95. The van der Waals surface area contributed by atoms with Gasteiger partial charge in [-0.3, -0.25) is 10.9 Å². The van der Waals surface area contributed by atoms with Gasteiger partial charge < -0.3 is 4.90 Å². The molecule has 3 heteroatoms. The van der Waals surface area contributed by atoms with Crippen molar-refractivity contribution < 1.29 is 0 Å². The van der Waals surface area contributed by atoms with Crippen LogP contribution in [-0.4, -0.2) is 38.6 Å². The molecule has 0 aromatic rings. The Morgan fingerprint density at radius 1 is 1.08 bits per heavy atom.